The standard InChI is InChI=1S/C10H8ClN2O2.Li.H2O/c11-8-3-9(12-4-7(8)5-14)13-10(15)6-1-2-6;;/h3-4,6H,1-2H2,(H,12,13,15);;1H2/q-1;+1;/p-1. The van der Waals surface area contributed by atoms with E-state index in [1.54, 1.807) is 6.29 Å². The Labute approximate surface area is 115 Å². The van der Waals surface area contributed by atoms with Gasteiger partial charge in [-0.3, -0.25) is 4.79 Å². The molecule has 0 aromatic carbocycles. The van der Waals surface area contributed by atoms with Gasteiger partial charge in [-0.15, -0.1) is 5.56 Å². The summed E-state index contributed by atoms with van der Waals surface area (Å²) < 4.78 is 0. The largest absolute Gasteiger partial charge is 1.00 e. The Balaban J connectivity index is 0.00000128. The van der Waals surface area contributed by atoms with Gasteiger partial charge in [-0.05, 0) is 12.8 Å². The molecular formula is C10H9ClLiN2O3-. The van der Waals surface area contributed by atoms with Crippen LogP contribution in [0.1, 0.15) is 18.4 Å². The van der Waals surface area contributed by atoms with Crippen molar-refractivity contribution in [3.63, 3.8) is 0 Å². The fourth-order valence-electron chi connectivity index (χ4n) is 1.15. The SMILES string of the molecule is O=[C-]c1cnc(NC(=O)C2CC2)cc1Cl.[Li+].[OH-]. The smallest absolute Gasteiger partial charge is 0.870 e. The number of hydrogen-bond donors (Lipinski definition) is 1. The molecule has 5 nitrogen and oxygen atoms in total. The van der Waals surface area contributed by atoms with Gasteiger partial charge in [-0.1, -0.05) is 17.3 Å². The quantitative estimate of drug-likeness (QED) is 0.513. The topological polar surface area (TPSA) is 89.1 Å². The molecule has 1 aromatic rings. The number of rotatable bonds is 3. The van der Waals surface area contributed by atoms with Crippen LogP contribution in [0, 0.1) is 5.92 Å². The van der Waals surface area contributed by atoms with E-state index in [2.05, 4.69) is 10.3 Å². The average Bonchev–Trinajstić information content (AvgIpc) is 3.01. The fraction of sp³-hybridized carbons (Fsp3) is 0.300. The van der Waals surface area contributed by atoms with E-state index in [1.807, 2.05) is 0 Å². The Hall–Kier alpha value is -0.863. The Morgan fingerprint density at radius 3 is 2.65 bits per heavy atom. The second-order valence-corrected chi connectivity index (χ2v) is 3.82. The molecule has 1 amide bonds. The summed E-state index contributed by atoms with van der Waals surface area (Å²) in [5.41, 5.74) is 0.195. The van der Waals surface area contributed by atoms with Crippen molar-refractivity contribution in [3.05, 3.63) is 22.8 Å². The number of nitrogens with one attached hydrogen (secondary N) is 1. The second kappa shape index (κ2) is 6.77. The van der Waals surface area contributed by atoms with E-state index in [4.69, 9.17) is 11.6 Å². The number of carbonyl (C=O) groups is 1. The second-order valence-electron chi connectivity index (χ2n) is 3.41. The van der Waals surface area contributed by atoms with E-state index in [9.17, 15) is 9.59 Å². The minimum atomic E-state index is -0.0404. The fourth-order valence-corrected chi connectivity index (χ4v) is 1.34. The van der Waals surface area contributed by atoms with Crippen LogP contribution in [-0.4, -0.2) is 22.7 Å². The molecule has 86 valence electrons. The Kier molecular flexibility index (Phi) is 6.43. The normalized spacial score (nSPS) is 13.0. The molecular weight excluding hydrogens is 239 g/mol. The van der Waals surface area contributed by atoms with Crippen LogP contribution in [0.3, 0.4) is 0 Å². The predicted octanol–water partition coefficient (Wildman–Crippen LogP) is -1.63. The first-order valence-electron chi connectivity index (χ1n) is 4.55. The maximum atomic E-state index is 11.4. The zero-order chi connectivity index (χ0) is 10.8. The molecule has 0 atom stereocenters. The molecule has 17 heavy (non-hydrogen) atoms. The molecule has 0 bridgehead atoms. The van der Waals surface area contributed by atoms with Crippen molar-refractivity contribution in [2.24, 2.45) is 5.92 Å². The van der Waals surface area contributed by atoms with Crippen molar-refractivity contribution in [3.8, 4) is 0 Å². The number of nitrogens with zero attached hydrogens (tertiary/aromatic N) is 1. The molecule has 0 saturated heterocycles. The molecule has 0 unspecified atom stereocenters. The van der Waals surface area contributed by atoms with E-state index >= 15 is 0 Å². The summed E-state index contributed by atoms with van der Waals surface area (Å²) in [4.78, 5) is 25.6. The maximum Gasteiger partial charge on any atom is 1.00 e. The summed E-state index contributed by atoms with van der Waals surface area (Å²) in [6.45, 7) is 0. The first-order chi connectivity index (χ1) is 7.20. The number of pyridine rings is 1. The van der Waals surface area contributed by atoms with Crippen LogP contribution in [0.4, 0.5) is 5.82 Å². The number of anilines is 1. The van der Waals surface area contributed by atoms with Crippen LogP contribution >= 0.6 is 11.6 Å². The number of amides is 1. The molecule has 7 heteroatoms. The molecule has 1 fully saturated rings. The molecule has 1 aliphatic rings. The predicted molar refractivity (Wildman–Crippen MR) is 57.3 cm³/mol. The monoisotopic (exact) mass is 247 g/mol. The van der Waals surface area contributed by atoms with Crippen molar-refractivity contribution in [1.29, 1.82) is 0 Å². The van der Waals surface area contributed by atoms with E-state index < -0.39 is 0 Å². The van der Waals surface area contributed by atoms with E-state index in [0.717, 1.165) is 12.8 Å². The average molecular weight is 248 g/mol. The van der Waals surface area contributed by atoms with E-state index in [0.29, 0.717) is 5.82 Å². The van der Waals surface area contributed by atoms with E-state index in [-0.39, 0.29) is 46.7 Å². The Morgan fingerprint density at radius 2 is 2.18 bits per heavy atom. The molecule has 2 rings (SSSR count). The van der Waals surface area contributed by atoms with Crippen molar-refractivity contribution in [1.82, 2.24) is 4.98 Å². The summed E-state index contributed by atoms with van der Waals surface area (Å²) in [6.07, 6.45) is 4.80. The van der Waals surface area contributed by atoms with Gasteiger partial charge in [0.2, 0.25) is 5.91 Å². The first kappa shape index (κ1) is 16.1. The van der Waals surface area contributed by atoms with Crippen molar-refractivity contribution in [2.45, 2.75) is 12.8 Å². The summed E-state index contributed by atoms with van der Waals surface area (Å²) in [7, 11) is 0. The molecule has 0 radical (unpaired) electrons. The molecule has 2 N–H and O–H groups in total. The first-order valence-corrected chi connectivity index (χ1v) is 4.93. The molecule has 1 aliphatic carbocycles. The van der Waals surface area contributed by atoms with Crippen LogP contribution in [0.25, 0.3) is 0 Å². The van der Waals surface area contributed by atoms with Gasteiger partial charge in [0.25, 0.3) is 0 Å². The van der Waals surface area contributed by atoms with E-state index in [1.165, 1.54) is 12.3 Å². The zero-order valence-corrected chi connectivity index (χ0v) is 9.99. The molecule has 0 spiro atoms. The van der Waals surface area contributed by atoms with Crippen LogP contribution in [-0.2, 0) is 9.59 Å². The van der Waals surface area contributed by atoms with Gasteiger partial charge in [0.05, 0.1) is 6.29 Å². The third-order valence-electron chi connectivity index (χ3n) is 2.16. The minimum Gasteiger partial charge on any atom is -0.870 e. The zero-order valence-electron chi connectivity index (χ0n) is 9.24. The molecule has 1 heterocycles. The van der Waals surface area contributed by atoms with Crippen LogP contribution in [0.2, 0.25) is 5.02 Å². The van der Waals surface area contributed by atoms with Gasteiger partial charge in [0.15, 0.2) is 0 Å². The maximum absolute atomic E-state index is 11.4. The van der Waals surface area contributed by atoms with Crippen LogP contribution in [0.15, 0.2) is 12.3 Å². The van der Waals surface area contributed by atoms with Crippen molar-refractivity contribution >= 4 is 29.6 Å². The van der Waals surface area contributed by atoms with Gasteiger partial charge in [-0.2, -0.15) is 11.6 Å². The van der Waals surface area contributed by atoms with Gasteiger partial charge in [0.1, 0.15) is 5.82 Å². The molecule has 1 aromatic heterocycles. The van der Waals surface area contributed by atoms with Gasteiger partial charge in [0, 0.05) is 5.92 Å². The number of carbonyl (C=O) groups excluding carboxylic acids is 2. The summed E-state index contributed by atoms with van der Waals surface area (Å²) in [6, 6.07) is 1.45. The minimum absolute atomic E-state index is 0. The van der Waals surface area contributed by atoms with Gasteiger partial charge >= 0.3 is 18.9 Å². The molecule has 1 saturated carbocycles. The molecule has 0 aliphatic heterocycles. The van der Waals surface area contributed by atoms with Crippen LogP contribution < -0.4 is 24.2 Å². The van der Waals surface area contributed by atoms with Gasteiger partial charge in [-0.25, -0.2) is 0 Å². The Morgan fingerprint density at radius 1 is 1.53 bits per heavy atom. The van der Waals surface area contributed by atoms with Gasteiger partial charge < -0.3 is 20.6 Å². The van der Waals surface area contributed by atoms with Crippen molar-refractivity contribution < 1.29 is 33.9 Å². The Bertz CT molecular complexity index is 424. The number of hydrogen-bond acceptors (Lipinski definition) is 4. The summed E-state index contributed by atoms with van der Waals surface area (Å²) in [5.74, 6) is 0.445. The van der Waals surface area contributed by atoms with Crippen molar-refractivity contribution in [2.75, 3.05) is 5.32 Å². The third-order valence-corrected chi connectivity index (χ3v) is 2.48. The summed E-state index contributed by atoms with van der Waals surface area (Å²) >= 11 is 5.75. The number of aromatic nitrogens is 1. The summed E-state index contributed by atoms with van der Waals surface area (Å²) in [5, 5.41) is 2.87. The number of halogens is 1. The van der Waals surface area contributed by atoms with Crippen LogP contribution in [0.5, 0.6) is 0 Å². The third kappa shape index (κ3) is 4.13.